The maximum absolute atomic E-state index is 11.4. The van der Waals surface area contributed by atoms with Crippen molar-refractivity contribution in [1.29, 1.82) is 0 Å². The van der Waals surface area contributed by atoms with E-state index in [-0.39, 0.29) is 11.5 Å². The summed E-state index contributed by atoms with van der Waals surface area (Å²) in [5.41, 5.74) is 0.855. The summed E-state index contributed by atoms with van der Waals surface area (Å²) in [6, 6.07) is 0.0369. The Morgan fingerprint density at radius 3 is 2.80 bits per heavy atom. The van der Waals surface area contributed by atoms with Crippen LogP contribution < -0.4 is 0 Å². The fourth-order valence-corrected chi connectivity index (χ4v) is 3.78. The Morgan fingerprint density at radius 1 is 1.60 bits per heavy atom. The number of hydrogen-bond donors (Lipinski definition) is 1. The minimum absolute atomic E-state index is 0.0369. The lowest BCUT2D eigenvalue weighted by Crippen LogP contribution is -2.51. The Morgan fingerprint density at radius 2 is 2.30 bits per heavy atom. The number of amides is 1. The zero-order valence-electron chi connectivity index (χ0n) is 12.3. The third-order valence-corrected chi connectivity index (χ3v) is 4.97. The van der Waals surface area contributed by atoms with Crippen molar-refractivity contribution in [3.05, 3.63) is 22.7 Å². The van der Waals surface area contributed by atoms with Crippen molar-refractivity contribution in [2.45, 2.75) is 45.6 Å². The van der Waals surface area contributed by atoms with Crippen LogP contribution in [0.3, 0.4) is 0 Å². The smallest absolute Gasteiger partial charge is 0.407 e. The molecule has 1 amide bonds. The largest absolute Gasteiger partial charge is 0.465 e. The lowest BCUT2D eigenvalue weighted by atomic mass is 9.77. The molecule has 2 rings (SSSR count). The van der Waals surface area contributed by atoms with Crippen molar-refractivity contribution in [3.63, 3.8) is 0 Å². The predicted molar refractivity (Wildman–Crippen MR) is 82.2 cm³/mol. The van der Waals surface area contributed by atoms with Gasteiger partial charge in [-0.05, 0) is 24.3 Å². The molecule has 4 nitrogen and oxygen atoms in total. The van der Waals surface area contributed by atoms with E-state index in [1.165, 1.54) is 0 Å². The van der Waals surface area contributed by atoms with Crippen LogP contribution in [-0.4, -0.2) is 33.7 Å². The molecule has 1 aliphatic rings. The van der Waals surface area contributed by atoms with Gasteiger partial charge in [0, 0.05) is 23.9 Å². The van der Waals surface area contributed by atoms with Gasteiger partial charge in [-0.2, -0.15) is 0 Å². The van der Waals surface area contributed by atoms with Crippen LogP contribution >= 0.6 is 11.3 Å². The minimum Gasteiger partial charge on any atom is -0.465 e. The molecule has 1 aliphatic heterocycles. The van der Waals surface area contributed by atoms with Gasteiger partial charge in [0.1, 0.15) is 0 Å². The molecule has 1 aromatic rings. The molecule has 0 bridgehead atoms. The van der Waals surface area contributed by atoms with Crippen LogP contribution in [0.15, 0.2) is 12.0 Å². The summed E-state index contributed by atoms with van der Waals surface area (Å²) in [5.74, 6) is 0.355. The SMILES string of the molecule is C=Cc1csc(C2CCN(C(=O)O)C(C(C)(C)C)C2)n1. The molecule has 0 saturated carbocycles. The molecule has 2 heterocycles. The summed E-state index contributed by atoms with van der Waals surface area (Å²) in [4.78, 5) is 17.6. The molecule has 0 radical (unpaired) electrons. The number of piperidine rings is 1. The number of carboxylic acid groups (broad SMARTS) is 1. The number of rotatable bonds is 2. The lowest BCUT2D eigenvalue weighted by Gasteiger charge is -2.44. The van der Waals surface area contributed by atoms with E-state index in [1.54, 1.807) is 22.3 Å². The summed E-state index contributed by atoms with van der Waals surface area (Å²) < 4.78 is 0. The monoisotopic (exact) mass is 294 g/mol. The molecule has 110 valence electrons. The lowest BCUT2D eigenvalue weighted by molar-refractivity contribution is 0.0525. The highest BCUT2D eigenvalue weighted by atomic mass is 32.1. The first-order valence-electron chi connectivity index (χ1n) is 6.90. The van der Waals surface area contributed by atoms with Crippen LogP contribution in [0.25, 0.3) is 6.08 Å². The second-order valence-electron chi connectivity index (χ2n) is 6.39. The fourth-order valence-electron chi connectivity index (χ4n) is 2.82. The first kappa shape index (κ1) is 15.0. The topological polar surface area (TPSA) is 53.4 Å². The van der Waals surface area contributed by atoms with Crippen LogP contribution in [-0.2, 0) is 0 Å². The normalized spacial score (nSPS) is 23.6. The van der Waals surface area contributed by atoms with E-state index < -0.39 is 6.09 Å². The van der Waals surface area contributed by atoms with E-state index in [0.717, 1.165) is 23.5 Å². The van der Waals surface area contributed by atoms with Crippen molar-refractivity contribution in [2.24, 2.45) is 5.41 Å². The molecular formula is C15H22N2O2S. The minimum atomic E-state index is -0.811. The van der Waals surface area contributed by atoms with Gasteiger partial charge in [0.25, 0.3) is 0 Å². The van der Waals surface area contributed by atoms with Gasteiger partial charge in [0.05, 0.1) is 10.7 Å². The Hall–Kier alpha value is -1.36. The number of thiazole rings is 1. The molecule has 1 saturated heterocycles. The van der Waals surface area contributed by atoms with Gasteiger partial charge in [0.2, 0.25) is 0 Å². The first-order valence-corrected chi connectivity index (χ1v) is 7.78. The summed E-state index contributed by atoms with van der Waals surface area (Å²) in [6.07, 6.45) is 2.64. The molecule has 1 fully saturated rings. The molecule has 0 spiro atoms. The maximum atomic E-state index is 11.4. The van der Waals surface area contributed by atoms with Crippen LogP contribution in [0.2, 0.25) is 0 Å². The summed E-state index contributed by atoms with van der Waals surface area (Å²) in [7, 11) is 0. The van der Waals surface area contributed by atoms with Crippen LogP contribution in [0, 0.1) is 5.41 Å². The van der Waals surface area contributed by atoms with Crippen LogP contribution in [0.1, 0.15) is 50.2 Å². The predicted octanol–water partition coefficient (Wildman–Crippen LogP) is 4.06. The molecular weight excluding hydrogens is 272 g/mol. The molecule has 0 aromatic carbocycles. The highest BCUT2D eigenvalue weighted by Crippen LogP contribution is 2.39. The van der Waals surface area contributed by atoms with Crippen molar-refractivity contribution >= 4 is 23.5 Å². The average molecular weight is 294 g/mol. The third kappa shape index (κ3) is 3.03. The molecule has 1 aromatic heterocycles. The van der Waals surface area contributed by atoms with Gasteiger partial charge in [0.15, 0.2) is 0 Å². The molecule has 2 atom stereocenters. The first-order chi connectivity index (χ1) is 9.32. The van der Waals surface area contributed by atoms with E-state index in [4.69, 9.17) is 0 Å². The molecule has 1 N–H and O–H groups in total. The average Bonchev–Trinajstić information content (AvgIpc) is 2.85. The second-order valence-corrected chi connectivity index (χ2v) is 7.28. The van der Waals surface area contributed by atoms with Gasteiger partial charge in [-0.25, -0.2) is 9.78 Å². The van der Waals surface area contributed by atoms with Gasteiger partial charge >= 0.3 is 6.09 Å². The third-order valence-electron chi connectivity index (χ3n) is 3.95. The Labute approximate surface area is 124 Å². The molecule has 2 unspecified atom stereocenters. The Bertz CT molecular complexity index is 504. The number of carbonyl (C=O) groups is 1. The van der Waals surface area contributed by atoms with E-state index in [1.807, 2.05) is 5.38 Å². The number of hydrogen-bond acceptors (Lipinski definition) is 3. The van der Waals surface area contributed by atoms with Gasteiger partial charge in [-0.1, -0.05) is 27.4 Å². The number of likely N-dealkylation sites (tertiary alicyclic amines) is 1. The summed E-state index contributed by atoms with van der Waals surface area (Å²) >= 11 is 1.65. The van der Waals surface area contributed by atoms with E-state index in [2.05, 4.69) is 32.3 Å². The van der Waals surface area contributed by atoms with Crippen LogP contribution in [0.4, 0.5) is 4.79 Å². The zero-order chi connectivity index (χ0) is 14.9. The standard InChI is InChI=1S/C15H22N2O2S/c1-5-11-9-20-13(16-11)10-6-7-17(14(18)19)12(8-10)15(2,3)4/h5,9-10,12H,1,6-8H2,2-4H3,(H,18,19). The summed E-state index contributed by atoms with van der Waals surface area (Å²) in [5, 5.41) is 12.5. The summed E-state index contributed by atoms with van der Waals surface area (Å²) in [6.45, 7) is 10.6. The maximum Gasteiger partial charge on any atom is 0.407 e. The highest BCUT2D eigenvalue weighted by Gasteiger charge is 2.39. The van der Waals surface area contributed by atoms with Crippen molar-refractivity contribution in [2.75, 3.05) is 6.54 Å². The quantitative estimate of drug-likeness (QED) is 0.895. The fraction of sp³-hybridized carbons (Fsp3) is 0.600. The zero-order valence-corrected chi connectivity index (χ0v) is 13.1. The van der Waals surface area contributed by atoms with Gasteiger partial charge in [-0.3, -0.25) is 0 Å². The van der Waals surface area contributed by atoms with E-state index in [0.29, 0.717) is 12.5 Å². The Balaban J connectivity index is 2.20. The van der Waals surface area contributed by atoms with E-state index in [9.17, 15) is 9.90 Å². The van der Waals surface area contributed by atoms with E-state index >= 15 is 0 Å². The second kappa shape index (κ2) is 5.56. The van der Waals surface area contributed by atoms with Gasteiger partial charge in [-0.15, -0.1) is 11.3 Å². The van der Waals surface area contributed by atoms with Crippen molar-refractivity contribution < 1.29 is 9.90 Å². The van der Waals surface area contributed by atoms with Crippen LogP contribution in [0.5, 0.6) is 0 Å². The highest BCUT2D eigenvalue weighted by molar-refractivity contribution is 7.09. The number of aromatic nitrogens is 1. The van der Waals surface area contributed by atoms with Crippen molar-refractivity contribution in [1.82, 2.24) is 9.88 Å². The van der Waals surface area contributed by atoms with Gasteiger partial charge < -0.3 is 10.0 Å². The number of nitrogens with zero attached hydrogens (tertiary/aromatic N) is 2. The molecule has 0 aliphatic carbocycles. The van der Waals surface area contributed by atoms with Crippen molar-refractivity contribution in [3.8, 4) is 0 Å². The Kier molecular flexibility index (Phi) is 4.18. The molecule has 5 heteroatoms. The molecule has 20 heavy (non-hydrogen) atoms.